The van der Waals surface area contributed by atoms with E-state index in [1.807, 2.05) is 13.8 Å². The first kappa shape index (κ1) is 31.4. The Morgan fingerprint density at radius 3 is 2.10 bits per heavy atom. The van der Waals surface area contributed by atoms with Gasteiger partial charge in [0.25, 0.3) is 10.0 Å². The molecule has 3 aromatic carbocycles. The van der Waals surface area contributed by atoms with Crippen molar-refractivity contribution in [1.82, 2.24) is 10.2 Å². The predicted octanol–water partition coefficient (Wildman–Crippen LogP) is 5.91. The van der Waals surface area contributed by atoms with Crippen molar-refractivity contribution >= 4 is 50.7 Å². The fraction of sp³-hybridized carbons (Fsp3) is 0.310. The molecule has 11 heteroatoms. The average Bonchev–Trinajstić information content (AvgIpc) is 2.92. The first-order valence-corrected chi connectivity index (χ1v) is 15.0. The molecule has 2 amide bonds. The van der Waals surface area contributed by atoms with Gasteiger partial charge in [-0.25, -0.2) is 12.8 Å². The number of anilines is 1. The van der Waals surface area contributed by atoms with Crippen LogP contribution in [0.15, 0.2) is 77.7 Å². The third kappa shape index (κ3) is 7.53. The minimum absolute atomic E-state index is 0.117. The van der Waals surface area contributed by atoms with E-state index in [0.717, 1.165) is 10.4 Å². The van der Waals surface area contributed by atoms with Crippen LogP contribution in [0.1, 0.15) is 32.8 Å². The lowest BCUT2D eigenvalue weighted by molar-refractivity contribution is -0.140. The Morgan fingerprint density at radius 1 is 0.925 bits per heavy atom. The Balaban J connectivity index is 2.09. The summed E-state index contributed by atoms with van der Waals surface area (Å²) in [6, 6.07) is 16.6. The number of carbonyl (C=O) groups is 2. The molecular formula is C29H32Cl2FN3O4S. The number of nitrogens with one attached hydrogen (secondary N) is 1. The van der Waals surface area contributed by atoms with E-state index in [1.54, 1.807) is 31.2 Å². The van der Waals surface area contributed by atoms with E-state index in [-0.39, 0.29) is 39.5 Å². The number of benzene rings is 3. The minimum Gasteiger partial charge on any atom is -0.354 e. The first-order chi connectivity index (χ1) is 19.0. The van der Waals surface area contributed by atoms with Crippen molar-refractivity contribution in [2.45, 2.75) is 44.7 Å². The van der Waals surface area contributed by atoms with E-state index in [0.29, 0.717) is 12.1 Å². The highest BCUT2D eigenvalue weighted by atomic mass is 35.5. The summed E-state index contributed by atoms with van der Waals surface area (Å²) in [5.74, 6) is -1.80. The molecule has 0 fully saturated rings. The third-order valence-corrected chi connectivity index (χ3v) is 8.67. The summed E-state index contributed by atoms with van der Waals surface area (Å²) in [6.45, 7) is 5.07. The lowest BCUT2D eigenvalue weighted by Gasteiger charge is -2.33. The van der Waals surface area contributed by atoms with Gasteiger partial charge in [-0.05, 0) is 48.7 Å². The van der Waals surface area contributed by atoms with Crippen LogP contribution < -0.4 is 9.62 Å². The van der Waals surface area contributed by atoms with E-state index in [1.165, 1.54) is 47.4 Å². The lowest BCUT2D eigenvalue weighted by Crippen LogP contribution is -2.52. The zero-order chi connectivity index (χ0) is 29.4. The largest absolute Gasteiger partial charge is 0.354 e. The molecule has 1 N–H and O–H groups in total. The first-order valence-electron chi connectivity index (χ1n) is 12.8. The van der Waals surface area contributed by atoms with Gasteiger partial charge >= 0.3 is 0 Å². The fourth-order valence-electron chi connectivity index (χ4n) is 4.08. The zero-order valence-corrected chi connectivity index (χ0v) is 24.8. The number of hydrogen-bond donors (Lipinski definition) is 1. The highest BCUT2D eigenvalue weighted by Crippen LogP contribution is 2.29. The molecule has 40 heavy (non-hydrogen) atoms. The van der Waals surface area contributed by atoms with E-state index in [4.69, 9.17) is 23.2 Å². The van der Waals surface area contributed by atoms with Gasteiger partial charge in [0.05, 0.1) is 10.6 Å². The fourth-order valence-corrected chi connectivity index (χ4v) is 6.04. The number of sulfonamides is 1. The summed E-state index contributed by atoms with van der Waals surface area (Å²) in [5.41, 5.74) is 0.102. The summed E-state index contributed by atoms with van der Waals surface area (Å²) in [5, 5.41) is 3.41. The van der Waals surface area contributed by atoms with Crippen molar-refractivity contribution in [2.75, 3.05) is 17.4 Å². The summed E-state index contributed by atoms with van der Waals surface area (Å²) < 4.78 is 43.2. The van der Waals surface area contributed by atoms with Gasteiger partial charge in [0, 0.05) is 28.7 Å². The van der Waals surface area contributed by atoms with Crippen molar-refractivity contribution in [2.24, 2.45) is 5.92 Å². The van der Waals surface area contributed by atoms with Crippen LogP contribution in [0.25, 0.3) is 0 Å². The second kappa shape index (κ2) is 14.0. The van der Waals surface area contributed by atoms with Crippen LogP contribution >= 0.6 is 23.2 Å². The molecule has 214 valence electrons. The summed E-state index contributed by atoms with van der Waals surface area (Å²) in [7, 11) is -4.38. The molecule has 0 unspecified atom stereocenters. The van der Waals surface area contributed by atoms with Crippen LogP contribution in [0.3, 0.4) is 0 Å². The van der Waals surface area contributed by atoms with Crippen molar-refractivity contribution in [1.29, 1.82) is 0 Å². The van der Waals surface area contributed by atoms with Crippen molar-refractivity contribution < 1.29 is 22.4 Å². The molecule has 0 saturated carbocycles. The second-order valence-electron chi connectivity index (χ2n) is 9.56. The molecule has 0 bridgehead atoms. The number of nitrogens with zero attached hydrogens (tertiary/aromatic N) is 2. The molecule has 0 aliphatic heterocycles. The van der Waals surface area contributed by atoms with Gasteiger partial charge in [0.15, 0.2) is 0 Å². The highest BCUT2D eigenvalue weighted by Gasteiger charge is 2.35. The molecule has 0 aliphatic carbocycles. The van der Waals surface area contributed by atoms with Gasteiger partial charge in [0.2, 0.25) is 11.8 Å². The maximum atomic E-state index is 15.0. The van der Waals surface area contributed by atoms with Gasteiger partial charge in [-0.1, -0.05) is 80.4 Å². The number of rotatable bonds is 12. The van der Waals surface area contributed by atoms with Gasteiger partial charge in [-0.2, -0.15) is 0 Å². The molecule has 0 aliphatic rings. The molecule has 0 heterocycles. The van der Waals surface area contributed by atoms with E-state index in [9.17, 15) is 22.4 Å². The van der Waals surface area contributed by atoms with Gasteiger partial charge < -0.3 is 10.2 Å². The predicted molar refractivity (Wildman–Crippen MR) is 156 cm³/mol. The molecule has 0 aromatic heterocycles. The van der Waals surface area contributed by atoms with Crippen molar-refractivity contribution in [3.05, 3.63) is 94.2 Å². The van der Waals surface area contributed by atoms with Crippen LogP contribution in [0, 0.1) is 11.7 Å². The molecule has 7 nitrogen and oxygen atoms in total. The lowest BCUT2D eigenvalue weighted by atomic mass is 10.1. The molecular weight excluding hydrogens is 576 g/mol. The van der Waals surface area contributed by atoms with Crippen LogP contribution in [0.4, 0.5) is 10.1 Å². The van der Waals surface area contributed by atoms with E-state index in [2.05, 4.69) is 5.32 Å². The van der Waals surface area contributed by atoms with Crippen LogP contribution in [0.5, 0.6) is 0 Å². The van der Waals surface area contributed by atoms with E-state index >= 15 is 0 Å². The smallest absolute Gasteiger partial charge is 0.264 e. The van der Waals surface area contributed by atoms with Crippen molar-refractivity contribution in [3.63, 3.8) is 0 Å². The topological polar surface area (TPSA) is 86.8 Å². The van der Waals surface area contributed by atoms with E-state index < -0.39 is 40.2 Å². The quantitative estimate of drug-likeness (QED) is 0.277. The Morgan fingerprint density at radius 2 is 1.52 bits per heavy atom. The number of para-hydroxylation sites is 1. The zero-order valence-electron chi connectivity index (χ0n) is 22.5. The second-order valence-corrected chi connectivity index (χ2v) is 12.2. The summed E-state index contributed by atoms with van der Waals surface area (Å²) >= 11 is 12.8. The number of hydrogen-bond acceptors (Lipinski definition) is 4. The molecule has 3 aromatic rings. The highest BCUT2D eigenvalue weighted by molar-refractivity contribution is 7.92. The molecule has 0 spiro atoms. The van der Waals surface area contributed by atoms with Crippen LogP contribution in [-0.2, 0) is 26.2 Å². The summed E-state index contributed by atoms with van der Waals surface area (Å²) in [4.78, 5) is 28.4. The molecule has 0 radical (unpaired) electrons. The average molecular weight is 609 g/mol. The molecule has 1 atom stereocenters. The standard InChI is InChI=1S/C29H32Cl2FN3O4S/c1-4-26(29(37)33-17-20(2)3)34(18-22-23(30)13-10-14-24(22)31)28(36)19-35(27-16-9-8-15-25(27)32)40(38,39)21-11-6-5-7-12-21/h5-16,20,26H,4,17-19H2,1-3H3,(H,33,37)/t26-/m1/s1. The maximum Gasteiger partial charge on any atom is 0.264 e. The number of halogens is 3. The SMILES string of the molecule is CC[C@H](C(=O)NCC(C)C)N(Cc1c(Cl)cccc1Cl)C(=O)CN(c1ccccc1F)S(=O)(=O)c1ccccc1. The number of amides is 2. The Hall–Kier alpha value is -3.14. The Bertz CT molecular complexity index is 1420. The monoisotopic (exact) mass is 607 g/mol. The third-order valence-electron chi connectivity index (χ3n) is 6.19. The Labute approximate surface area is 244 Å². The molecule has 3 rings (SSSR count). The minimum atomic E-state index is -4.38. The van der Waals surface area contributed by atoms with Gasteiger partial charge in [-0.15, -0.1) is 0 Å². The molecule has 0 saturated heterocycles. The van der Waals surface area contributed by atoms with Gasteiger partial charge in [0.1, 0.15) is 18.4 Å². The normalized spacial score (nSPS) is 12.2. The van der Waals surface area contributed by atoms with Gasteiger partial charge in [-0.3, -0.25) is 13.9 Å². The van der Waals surface area contributed by atoms with Crippen LogP contribution in [-0.4, -0.2) is 44.3 Å². The number of carbonyl (C=O) groups excluding carboxylic acids is 2. The Kier molecular flexibility index (Phi) is 11.0. The summed E-state index contributed by atoms with van der Waals surface area (Å²) in [6.07, 6.45) is 0.225. The maximum absolute atomic E-state index is 15.0. The van der Waals surface area contributed by atoms with Crippen molar-refractivity contribution in [3.8, 4) is 0 Å². The van der Waals surface area contributed by atoms with Crippen LogP contribution in [0.2, 0.25) is 10.0 Å².